The number of thioether (sulfide) groups is 1. The smallest absolute Gasteiger partial charge is 0.0499 e. The molecule has 0 aliphatic heterocycles. The Labute approximate surface area is 91.9 Å². The lowest BCUT2D eigenvalue weighted by Gasteiger charge is -2.35. The lowest BCUT2D eigenvalue weighted by Crippen LogP contribution is -2.39. The van der Waals surface area contributed by atoms with Crippen LogP contribution in [0.3, 0.4) is 0 Å². The summed E-state index contributed by atoms with van der Waals surface area (Å²) >= 11 is 1.87. The van der Waals surface area contributed by atoms with E-state index >= 15 is 0 Å². The first kappa shape index (κ1) is 12.3. The summed E-state index contributed by atoms with van der Waals surface area (Å²) in [5, 5.41) is 12.9. The molecule has 0 spiro atoms. The molecule has 14 heavy (non-hydrogen) atoms. The molecule has 1 fully saturated rings. The van der Waals surface area contributed by atoms with Gasteiger partial charge in [-0.05, 0) is 19.1 Å². The van der Waals surface area contributed by atoms with E-state index in [1.165, 1.54) is 37.9 Å². The van der Waals surface area contributed by atoms with Gasteiger partial charge in [0.05, 0.1) is 0 Å². The number of aliphatic hydroxyl groups excluding tert-OH is 1. The molecule has 0 amide bonds. The van der Waals surface area contributed by atoms with Crippen LogP contribution < -0.4 is 5.32 Å². The normalized spacial score (nSPS) is 21.0. The van der Waals surface area contributed by atoms with Crippen molar-refractivity contribution in [2.24, 2.45) is 5.41 Å². The highest BCUT2D eigenvalue weighted by Crippen LogP contribution is 2.35. The van der Waals surface area contributed by atoms with E-state index in [0.717, 1.165) is 13.1 Å². The maximum Gasteiger partial charge on any atom is 0.0499 e. The van der Waals surface area contributed by atoms with Crippen molar-refractivity contribution in [1.82, 2.24) is 5.32 Å². The van der Waals surface area contributed by atoms with Gasteiger partial charge in [0.1, 0.15) is 0 Å². The van der Waals surface area contributed by atoms with E-state index in [2.05, 4.69) is 11.6 Å². The molecular weight excluding hydrogens is 194 g/mol. The Kier molecular flexibility index (Phi) is 5.90. The summed E-state index contributed by atoms with van der Waals surface area (Å²) in [7, 11) is 0. The predicted octanol–water partition coefficient (Wildman–Crippen LogP) is 1.88. The molecular formula is C11H23NOS. The fourth-order valence-corrected chi connectivity index (χ4v) is 2.57. The topological polar surface area (TPSA) is 32.3 Å². The van der Waals surface area contributed by atoms with Crippen LogP contribution in [0.4, 0.5) is 0 Å². The zero-order valence-electron chi connectivity index (χ0n) is 9.22. The van der Waals surface area contributed by atoms with Crippen molar-refractivity contribution in [3.05, 3.63) is 0 Å². The number of aliphatic hydroxyl groups is 1. The lowest BCUT2D eigenvalue weighted by molar-refractivity contribution is 0.0820. The van der Waals surface area contributed by atoms with Crippen LogP contribution in [-0.4, -0.2) is 36.8 Å². The zero-order valence-corrected chi connectivity index (χ0v) is 10.0. The van der Waals surface area contributed by atoms with Gasteiger partial charge in [0.25, 0.3) is 0 Å². The van der Waals surface area contributed by atoms with Crippen molar-refractivity contribution in [1.29, 1.82) is 0 Å². The molecule has 1 aliphatic rings. The van der Waals surface area contributed by atoms with E-state index < -0.39 is 0 Å². The molecule has 2 nitrogen and oxygen atoms in total. The number of hydrogen-bond donors (Lipinski definition) is 2. The van der Waals surface area contributed by atoms with Crippen LogP contribution in [0.2, 0.25) is 0 Å². The van der Waals surface area contributed by atoms with Crippen molar-refractivity contribution in [2.45, 2.75) is 32.1 Å². The van der Waals surface area contributed by atoms with Gasteiger partial charge in [0, 0.05) is 30.9 Å². The number of rotatable bonds is 6. The molecule has 0 saturated heterocycles. The van der Waals surface area contributed by atoms with E-state index in [4.69, 9.17) is 0 Å². The van der Waals surface area contributed by atoms with Crippen molar-refractivity contribution in [2.75, 3.05) is 31.7 Å². The maximum atomic E-state index is 9.45. The largest absolute Gasteiger partial charge is 0.396 e. The van der Waals surface area contributed by atoms with Crippen LogP contribution in [0, 0.1) is 5.41 Å². The van der Waals surface area contributed by atoms with Crippen molar-refractivity contribution >= 4 is 11.8 Å². The van der Waals surface area contributed by atoms with Gasteiger partial charge >= 0.3 is 0 Å². The van der Waals surface area contributed by atoms with Crippen molar-refractivity contribution in [3.63, 3.8) is 0 Å². The molecule has 3 heteroatoms. The first-order valence-corrected chi connectivity index (χ1v) is 7.03. The molecule has 0 bridgehead atoms. The minimum Gasteiger partial charge on any atom is -0.396 e. The fraction of sp³-hybridized carbons (Fsp3) is 1.00. The zero-order chi connectivity index (χ0) is 10.3. The molecule has 0 aromatic carbocycles. The van der Waals surface area contributed by atoms with Crippen LogP contribution in [0.1, 0.15) is 32.1 Å². The monoisotopic (exact) mass is 217 g/mol. The van der Waals surface area contributed by atoms with Crippen LogP contribution in [0.5, 0.6) is 0 Å². The van der Waals surface area contributed by atoms with E-state index in [9.17, 15) is 5.11 Å². The highest BCUT2D eigenvalue weighted by Gasteiger charge is 2.30. The second-order valence-corrected chi connectivity index (χ2v) is 5.37. The van der Waals surface area contributed by atoms with Gasteiger partial charge in [0.2, 0.25) is 0 Å². The molecule has 0 aromatic rings. The molecule has 1 rings (SSSR count). The van der Waals surface area contributed by atoms with E-state index in [1.54, 1.807) is 0 Å². The predicted molar refractivity (Wildman–Crippen MR) is 63.9 cm³/mol. The van der Waals surface area contributed by atoms with Crippen LogP contribution in [-0.2, 0) is 0 Å². The van der Waals surface area contributed by atoms with Gasteiger partial charge in [0.15, 0.2) is 0 Å². The average Bonchev–Trinajstić information content (AvgIpc) is 2.26. The standard InChI is InChI=1S/C11H23NOS/c1-14-8-7-12-9-11(10-13)5-3-2-4-6-11/h12-13H,2-10H2,1H3. The summed E-state index contributed by atoms with van der Waals surface area (Å²) in [6.45, 7) is 2.44. The Hall–Kier alpha value is 0.270. The first-order valence-electron chi connectivity index (χ1n) is 5.63. The Morgan fingerprint density at radius 1 is 1.29 bits per heavy atom. The van der Waals surface area contributed by atoms with Crippen molar-refractivity contribution < 1.29 is 5.11 Å². The summed E-state index contributed by atoms with van der Waals surface area (Å²) in [6, 6.07) is 0. The summed E-state index contributed by atoms with van der Waals surface area (Å²) in [6.07, 6.45) is 8.48. The molecule has 1 aliphatic carbocycles. The molecule has 2 N–H and O–H groups in total. The molecule has 1 saturated carbocycles. The molecule has 0 atom stereocenters. The van der Waals surface area contributed by atoms with Gasteiger partial charge in [-0.3, -0.25) is 0 Å². The molecule has 0 unspecified atom stereocenters. The SMILES string of the molecule is CSCCNCC1(CO)CCCCC1. The van der Waals surface area contributed by atoms with Crippen LogP contribution in [0.25, 0.3) is 0 Å². The van der Waals surface area contributed by atoms with Crippen LogP contribution >= 0.6 is 11.8 Å². The Morgan fingerprint density at radius 3 is 2.57 bits per heavy atom. The third-order valence-electron chi connectivity index (χ3n) is 3.23. The minimum absolute atomic E-state index is 0.205. The quantitative estimate of drug-likeness (QED) is 0.666. The Morgan fingerprint density at radius 2 is 2.00 bits per heavy atom. The first-order chi connectivity index (χ1) is 6.83. The van der Waals surface area contributed by atoms with E-state index in [0.29, 0.717) is 6.61 Å². The molecule has 0 aromatic heterocycles. The molecule has 0 heterocycles. The van der Waals surface area contributed by atoms with Gasteiger partial charge < -0.3 is 10.4 Å². The lowest BCUT2D eigenvalue weighted by atomic mass is 9.74. The maximum absolute atomic E-state index is 9.45. The minimum atomic E-state index is 0.205. The summed E-state index contributed by atoms with van der Waals surface area (Å²) in [4.78, 5) is 0. The average molecular weight is 217 g/mol. The second kappa shape index (κ2) is 6.70. The van der Waals surface area contributed by atoms with Gasteiger partial charge in [-0.2, -0.15) is 11.8 Å². The third kappa shape index (κ3) is 3.79. The van der Waals surface area contributed by atoms with Gasteiger partial charge in [-0.15, -0.1) is 0 Å². The summed E-state index contributed by atoms with van der Waals surface area (Å²) in [5.74, 6) is 1.17. The summed E-state index contributed by atoms with van der Waals surface area (Å²) < 4.78 is 0. The highest BCUT2D eigenvalue weighted by atomic mass is 32.2. The number of hydrogen-bond acceptors (Lipinski definition) is 3. The second-order valence-electron chi connectivity index (χ2n) is 4.39. The highest BCUT2D eigenvalue weighted by molar-refractivity contribution is 7.98. The number of nitrogens with one attached hydrogen (secondary N) is 1. The van der Waals surface area contributed by atoms with Gasteiger partial charge in [-0.25, -0.2) is 0 Å². The Bertz CT molecular complexity index is 146. The fourth-order valence-electron chi connectivity index (χ4n) is 2.22. The third-order valence-corrected chi connectivity index (χ3v) is 3.84. The Balaban J connectivity index is 2.22. The molecule has 84 valence electrons. The van der Waals surface area contributed by atoms with Crippen LogP contribution in [0.15, 0.2) is 0 Å². The van der Waals surface area contributed by atoms with E-state index in [-0.39, 0.29) is 5.41 Å². The van der Waals surface area contributed by atoms with Gasteiger partial charge in [-0.1, -0.05) is 19.3 Å². The summed E-state index contributed by atoms with van der Waals surface area (Å²) in [5.41, 5.74) is 0.205. The molecule has 0 radical (unpaired) electrons. The van der Waals surface area contributed by atoms with Crippen molar-refractivity contribution in [3.8, 4) is 0 Å². The van der Waals surface area contributed by atoms with E-state index in [1.807, 2.05) is 11.8 Å².